The fraction of sp³-hybridized carbons (Fsp3) is 0.320. The van der Waals surface area contributed by atoms with E-state index in [0.717, 1.165) is 23.8 Å². The minimum absolute atomic E-state index is 0.0634. The van der Waals surface area contributed by atoms with Gasteiger partial charge in [-0.25, -0.2) is 13.6 Å². The molecular weight excluding hydrogens is 462 g/mol. The number of esters is 1. The van der Waals surface area contributed by atoms with E-state index in [1.165, 1.54) is 6.08 Å². The van der Waals surface area contributed by atoms with Crippen LogP contribution in [0.3, 0.4) is 0 Å². The Labute approximate surface area is 200 Å². The normalized spacial score (nSPS) is 23.2. The van der Waals surface area contributed by atoms with Crippen LogP contribution in [0.4, 0.5) is 8.78 Å². The lowest BCUT2D eigenvalue weighted by atomic mass is 9.92. The highest BCUT2D eigenvalue weighted by molar-refractivity contribution is 6.06. The molecular formula is C25H24F2N2O6. The second-order valence-corrected chi connectivity index (χ2v) is 8.24. The summed E-state index contributed by atoms with van der Waals surface area (Å²) in [5.74, 6) is -1.93. The Morgan fingerprint density at radius 1 is 1.23 bits per heavy atom. The lowest BCUT2D eigenvalue weighted by molar-refractivity contribution is -0.155. The fourth-order valence-electron chi connectivity index (χ4n) is 3.82. The first kappa shape index (κ1) is 24.3. The molecule has 1 N–H and O–H groups in total. The van der Waals surface area contributed by atoms with Crippen molar-refractivity contribution in [2.75, 3.05) is 13.7 Å². The van der Waals surface area contributed by atoms with E-state index in [9.17, 15) is 18.4 Å². The van der Waals surface area contributed by atoms with Gasteiger partial charge in [0.2, 0.25) is 5.60 Å². The van der Waals surface area contributed by atoms with Gasteiger partial charge in [0, 0.05) is 24.5 Å². The van der Waals surface area contributed by atoms with Crippen molar-refractivity contribution < 1.29 is 37.4 Å². The van der Waals surface area contributed by atoms with Crippen LogP contribution in [-0.2, 0) is 30.5 Å². The summed E-state index contributed by atoms with van der Waals surface area (Å²) in [7, 11) is 1.56. The maximum absolute atomic E-state index is 13.6. The molecule has 1 fully saturated rings. The van der Waals surface area contributed by atoms with Gasteiger partial charge < -0.3 is 24.4 Å². The molecule has 1 saturated heterocycles. The first-order chi connectivity index (χ1) is 16.8. The number of nitrogens with zero attached hydrogens (tertiary/aromatic N) is 1. The molecule has 2 heterocycles. The predicted octanol–water partition coefficient (Wildman–Crippen LogP) is 3.04. The van der Waals surface area contributed by atoms with Gasteiger partial charge in [0.05, 0.1) is 25.5 Å². The van der Waals surface area contributed by atoms with Gasteiger partial charge >= 0.3 is 5.97 Å². The zero-order valence-electron chi connectivity index (χ0n) is 19.0. The van der Waals surface area contributed by atoms with Gasteiger partial charge in [-0.2, -0.15) is 0 Å². The summed E-state index contributed by atoms with van der Waals surface area (Å²) in [6.45, 7) is 3.84. The number of nitrogens with one attached hydrogen (secondary N) is 1. The smallest absolute Gasteiger partial charge is 0.335 e. The highest BCUT2D eigenvalue weighted by atomic mass is 19.1. The Bertz CT molecular complexity index is 1130. The molecule has 0 spiro atoms. The zero-order chi connectivity index (χ0) is 25.0. The van der Waals surface area contributed by atoms with E-state index in [4.69, 9.17) is 19.0 Å². The van der Waals surface area contributed by atoms with Crippen molar-refractivity contribution in [2.45, 2.75) is 37.2 Å². The average molecular weight is 486 g/mol. The van der Waals surface area contributed by atoms with Crippen LogP contribution in [0.15, 0.2) is 60.3 Å². The van der Waals surface area contributed by atoms with Gasteiger partial charge in [0.1, 0.15) is 24.0 Å². The summed E-state index contributed by atoms with van der Waals surface area (Å²) >= 11 is 0. The van der Waals surface area contributed by atoms with Crippen LogP contribution in [0.5, 0.6) is 5.75 Å². The predicted molar refractivity (Wildman–Crippen MR) is 121 cm³/mol. The number of benzene rings is 2. The number of ether oxygens (including phenoxy) is 3. The minimum Gasteiger partial charge on any atom is -0.497 e. The van der Waals surface area contributed by atoms with Crippen molar-refractivity contribution in [3.05, 3.63) is 77.9 Å². The van der Waals surface area contributed by atoms with Crippen molar-refractivity contribution in [3.8, 4) is 5.75 Å². The SMILES string of the molecule is C=C[C@]1(C(=O)N[C@H]2CO[C@@H](C(=O)OCc3ccc(OC)cc3)C2)CC(c2cc(F)cc(F)c2)=NO1. The average Bonchev–Trinajstić information content (AvgIpc) is 3.50. The second-order valence-electron chi connectivity index (χ2n) is 8.24. The quantitative estimate of drug-likeness (QED) is 0.455. The van der Waals surface area contributed by atoms with Gasteiger partial charge in [-0.3, -0.25) is 4.79 Å². The molecule has 0 aliphatic carbocycles. The van der Waals surface area contributed by atoms with E-state index >= 15 is 0 Å². The Morgan fingerprint density at radius 3 is 2.60 bits per heavy atom. The van der Waals surface area contributed by atoms with Gasteiger partial charge in [0.25, 0.3) is 5.91 Å². The number of rotatable bonds is 8. The Balaban J connectivity index is 1.30. The molecule has 3 atom stereocenters. The third-order valence-corrected chi connectivity index (χ3v) is 5.79. The van der Waals surface area contributed by atoms with Crippen molar-refractivity contribution in [1.29, 1.82) is 0 Å². The second kappa shape index (κ2) is 10.2. The third kappa shape index (κ3) is 5.48. The number of halogens is 2. The highest BCUT2D eigenvalue weighted by Crippen LogP contribution is 2.30. The topological polar surface area (TPSA) is 95.5 Å². The highest BCUT2D eigenvalue weighted by Gasteiger charge is 2.46. The molecule has 8 nitrogen and oxygen atoms in total. The number of amides is 1. The summed E-state index contributed by atoms with van der Waals surface area (Å²) in [6, 6.07) is 9.58. The number of methoxy groups -OCH3 is 1. The van der Waals surface area contributed by atoms with E-state index in [-0.39, 0.29) is 37.3 Å². The molecule has 0 saturated carbocycles. The number of carbonyl (C=O) groups is 2. The first-order valence-electron chi connectivity index (χ1n) is 10.9. The van der Waals surface area contributed by atoms with Crippen LogP contribution in [0.2, 0.25) is 0 Å². The summed E-state index contributed by atoms with van der Waals surface area (Å²) in [5.41, 5.74) is -0.378. The van der Waals surface area contributed by atoms with Crippen molar-refractivity contribution >= 4 is 17.6 Å². The molecule has 35 heavy (non-hydrogen) atoms. The summed E-state index contributed by atoms with van der Waals surface area (Å²) in [4.78, 5) is 30.8. The zero-order valence-corrected chi connectivity index (χ0v) is 19.0. The molecule has 184 valence electrons. The molecule has 2 aliphatic rings. The molecule has 0 aromatic heterocycles. The molecule has 4 rings (SSSR count). The van der Waals surface area contributed by atoms with Gasteiger partial charge in [-0.1, -0.05) is 23.9 Å². The number of carbonyl (C=O) groups excluding carboxylic acids is 2. The monoisotopic (exact) mass is 486 g/mol. The van der Waals surface area contributed by atoms with Crippen molar-refractivity contribution in [1.82, 2.24) is 5.32 Å². The number of hydrogen-bond donors (Lipinski definition) is 1. The van der Waals surface area contributed by atoms with Crippen LogP contribution in [-0.4, -0.2) is 49.1 Å². The summed E-state index contributed by atoms with van der Waals surface area (Å²) < 4.78 is 43.1. The van der Waals surface area contributed by atoms with E-state index in [0.29, 0.717) is 5.75 Å². The van der Waals surface area contributed by atoms with E-state index in [1.807, 2.05) is 0 Å². The van der Waals surface area contributed by atoms with Gasteiger partial charge in [-0.15, -0.1) is 0 Å². The molecule has 0 unspecified atom stereocenters. The Kier molecular flexibility index (Phi) is 7.11. The molecule has 2 aliphatic heterocycles. The maximum atomic E-state index is 13.6. The molecule has 0 radical (unpaired) electrons. The first-order valence-corrected chi connectivity index (χ1v) is 10.9. The van der Waals surface area contributed by atoms with Crippen LogP contribution in [0.25, 0.3) is 0 Å². The fourth-order valence-corrected chi connectivity index (χ4v) is 3.82. The van der Waals surface area contributed by atoms with Gasteiger partial charge in [-0.05, 0) is 35.9 Å². The molecule has 0 bridgehead atoms. The third-order valence-electron chi connectivity index (χ3n) is 5.79. The number of hydrogen-bond acceptors (Lipinski definition) is 7. The molecule has 2 aromatic carbocycles. The van der Waals surface area contributed by atoms with Crippen LogP contribution < -0.4 is 10.1 Å². The Hall–Kier alpha value is -3.79. The molecule has 2 aromatic rings. The van der Waals surface area contributed by atoms with E-state index < -0.39 is 41.3 Å². The standard InChI is InChI=1S/C25H24F2N2O6/c1-3-25(12-21(29-35-25)16-8-17(26)10-18(27)9-16)24(31)28-19-11-22(33-14-19)23(30)34-13-15-4-6-20(32-2)7-5-15/h3-10,19,22H,1,11-14H2,2H3,(H,28,31)/t19-,22-,25-/m1/s1. The lowest BCUT2D eigenvalue weighted by Gasteiger charge is -2.23. The van der Waals surface area contributed by atoms with Crippen LogP contribution in [0, 0.1) is 11.6 Å². The van der Waals surface area contributed by atoms with Crippen LogP contribution >= 0.6 is 0 Å². The largest absolute Gasteiger partial charge is 0.497 e. The van der Waals surface area contributed by atoms with Crippen LogP contribution in [0.1, 0.15) is 24.0 Å². The molecule has 1 amide bonds. The maximum Gasteiger partial charge on any atom is 0.335 e. The molecule has 10 heteroatoms. The van der Waals surface area contributed by atoms with E-state index in [1.54, 1.807) is 31.4 Å². The van der Waals surface area contributed by atoms with Crippen molar-refractivity contribution in [2.24, 2.45) is 5.16 Å². The number of oxime groups is 1. The lowest BCUT2D eigenvalue weighted by Crippen LogP contribution is -2.49. The van der Waals surface area contributed by atoms with Crippen molar-refractivity contribution in [3.63, 3.8) is 0 Å². The summed E-state index contributed by atoms with van der Waals surface area (Å²) in [5, 5.41) is 6.63. The van der Waals surface area contributed by atoms with Gasteiger partial charge in [0.15, 0.2) is 6.10 Å². The minimum atomic E-state index is -1.55. The van der Waals surface area contributed by atoms with E-state index in [2.05, 4.69) is 17.1 Å². The summed E-state index contributed by atoms with van der Waals surface area (Å²) in [6.07, 6.45) is 0.602. The Morgan fingerprint density at radius 2 is 1.94 bits per heavy atom.